The molecule has 16 heavy (non-hydrogen) atoms. The summed E-state index contributed by atoms with van der Waals surface area (Å²) in [6, 6.07) is 1.81. The van der Waals surface area contributed by atoms with Crippen LogP contribution in [0.2, 0.25) is 0 Å². The van der Waals surface area contributed by atoms with E-state index in [1.807, 2.05) is 12.1 Å². The number of nitrogens with zero attached hydrogens (tertiary/aromatic N) is 2. The van der Waals surface area contributed by atoms with Gasteiger partial charge in [-0.25, -0.2) is 4.98 Å². The largest absolute Gasteiger partial charge is 0.386 e. The number of halogens is 1. The van der Waals surface area contributed by atoms with Gasteiger partial charge in [-0.15, -0.1) is 0 Å². The molecule has 84 valence electrons. The Hall–Kier alpha value is -1.75. The second-order valence-electron chi connectivity index (χ2n) is 3.26. The number of nitrogens with one attached hydrogen (secondary N) is 2. The van der Waals surface area contributed by atoms with Gasteiger partial charge < -0.3 is 16.4 Å². The number of aromatic nitrogens is 2. The van der Waals surface area contributed by atoms with E-state index in [1.165, 1.54) is 0 Å². The van der Waals surface area contributed by atoms with E-state index in [0.29, 0.717) is 10.9 Å². The van der Waals surface area contributed by atoms with Crippen molar-refractivity contribution in [3.63, 3.8) is 0 Å². The first-order valence-electron chi connectivity index (χ1n) is 4.83. The van der Waals surface area contributed by atoms with E-state index in [2.05, 4.69) is 20.6 Å². The summed E-state index contributed by atoms with van der Waals surface area (Å²) < 4.78 is 0. The van der Waals surface area contributed by atoms with E-state index in [-0.39, 0.29) is 5.95 Å². The molecule has 2 rings (SSSR count). The second-order valence-corrected chi connectivity index (χ2v) is 3.67. The third-order valence-electron chi connectivity index (χ3n) is 2.19. The van der Waals surface area contributed by atoms with Crippen LogP contribution in [0.5, 0.6) is 0 Å². The molecule has 0 fully saturated rings. The van der Waals surface area contributed by atoms with Crippen molar-refractivity contribution < 1.29 is 0 Å². The van der Waals surface area contributed by atoms with Gasteiger partial charge in [-0.1, -0.05) is 17.7 Å². The monoisotopic (exact) mass is 237 g/mol. The maximum atomic E-state index is 6.07. The molecule has 0 amide bonds. The van der Waals surface area contributed by atoms with Crippen molar-refractivity contribution in [2.75, 3.05) is 24.6 Å². The zero-order chi connectivity index (χ0) is 11.5. The number of anilines is 2. The average Bonchev–Trinajstić information content (AvgIpc) is 2.28. The number of dihydropyridines is 1. The molecule has 0 aromatic carbocycles. The zero-order valence-electron chi connectivity index (χ0n) is 8.79. The van der Waals surface area contributed by atoms with E-state index in [4.69, 9.17) is 17.3 Å². The van der Waals surface area contributed by atoms with Gasteiger partial charge in [-0.2, -0.15) is 4.98 Å². The van der Waals surface area contributed by atoms with Crippen LogP contribution in [0.1, 0.15) is 5.69 Å². The van der Waals surface area contributed by atoms with Crippen molar-refractivity contribution in [1.82, 2.24) is 15.3 Å². The van der Waals surface area contributed by atoms with Crippen LogP contribution in [-0.2, 0) is 0 Å². The van der Waals surface area contributed by atoms with E-state index in [9.17, 15) is 0 Å². The summed E-state index contributed by atoms with van der Waals surface area (Å²) >= 11 is 6.07. The van der Waals surface area contributed by atoms with Crippen LogP contribution in [-0.4, -0.2) is 23.6 Å². The lowest BCUT2D eigenvalue weighted by Crippen LogP contribution is -2.12. The topological polar surface area (TPSA) is 75.9 Å². The fraction of sp³-hybridized carbons (Fsp3) is 0.200. The highest BCUT2D eigenvalue weighted by Crippen LogP contribution is 2.27. The molecule has 5 nitrogen and oxygen atoms in total. The number of hydrogen-bond acceptors (Lipinski definition) is 5. The Morgan fingerprint density at radius 2 is 2.31 bits per heavy atom. The molecular weight excluding hydrogens is 226 g/mol. The highest BCUT2D eigenvalue weighted by atomic mass is 35.5. The molecule has 6 heteroatoms. The maximum Gasteiger partial charge on any atom is 0.222 e. The van der Waals surface area contributed by atoms with Crippen LogP contribution in [0.3, 0.4) is 0 Å². The molecule has 1 aliphatic heterocycles. The Labute approximate surface area is 98.4 Å². The minimum absolute atomic E-state index is 0.228. The molecule has 4 N–H and O–H groups in total. The first-order chi connectivity index (χ1) is 7.70. The van der Waals surface area contributed by atoms with Gasteiger partial charge in [0.15, 0.2) is 0 Å². The Morgan fingerprint density at radius 3 is 3.00 bits per heavy atom. The summed E-state index contributed by atoms with van der Waals surface area (Å²) in [7, 11) is 1.78. The third-order valence-corrected chi connectivity index (χ3v) is 2.50. The fourth-order valence-corrected chi connectivity index (χ4v) is 1.69. The second kappa shape index (κ2) is 4.40. The van der Waals surface area contributed by atoms with Crippen LogP contribution in [0, 0.1) is 0 Å². The standard InChI is InChI=1S/C10H12ClN5/c1-13-9-4-8(15-10(12)16-9)6-2-3-14-5-7(6)11/h2,4-5,14H,3H2,1H3,(H3,12,13,15,16). The number of nitrogens with two attached hydrogens (primary N) is 1. The van der Waals surface area contributed by atoms with Crippen LogP contribution < -0.4 is 16.4 Å². The first kappa shape index (κ1) is 10.8. The lowest BCUT2D eigenvalue weighted by atomic mass is 10.1. The Balaban J connectivity index is 2.44. The molecule has 0 aliphatic carbocycles. The van der Waals surface area contributed by atoms with Crippen molar-refractivity contribution in [2.24, 2.45) is 0 Å². The number of hydrogen-bond donors (Lipinski definition) is 3. The molecule has 0 atom stereocenters. The number of allylic oxidation sites excluding steroid dienone is 2. The van der Waals surface area contributed by atoms with Crippen LogP contribution in [0.25, 0.3) is 5.57 Å². The Morgan fingerprint density at radius 1 is 1.50 bits per heavy atom. The summed E-state index contributed by atoms with van der Waals surface area (Å²) in [6.07, 6.45) is 3.71. The number of nitrogen functional groups attached to an aromatic ring is 1. The minimum atomic E-state index is 0.228. The predicted molar refractivity (Wildman–Crippen MR) is 65.9 cm³/mol. The van der Waals surface area contributed by atoms with E-state index >= 15 is 0 Å². The molecule has 0 unspecified atom stereocenters. The van der Waals surface area contributed by atoms with Crippen molar-refractivity contribution >= 4 is 28.9 Å². The zero-order valence-corrected chi connectivity index (χ0v) is 9.54. The van der Waals surface area contributed by atoms with Gasteiger partial charge in [0.2, 0.25) is 5.95 Å². The van der Waals surface area contributed by atoms with Crippen molar-refractivity contribution in [3.05, 3.63) is 29.1 Å². The van der Waals surface area contributed by atoms with Crippen molar-refractivity contribution in [2.45, 2.75) is 0 Å². The maximum absolute atomic E-state index is 6.07. The molecule has 1 aromatic rings. The lowest BCUT2D eigenvalue weighted by Gasteiger charge is -2.12. The summed E-state index contributed by atoms with van der Waals surface area (Å²) in [6.45, 7) is 0.727. The molecular formula is C10H12ClN5. The van der Waals surface area contributed by atoms with Gasteiger partial charge in [0.05, 0.1) is 10.7 Å². The quantitative estimate of drug-likeness (QED) is 0.720. The molecule has 0 saturated heterocycles. The van der Waals surface area contributed by atoms with E-state index in [1.54, 1.807) is 13.2 Å². The van der Waals surface area contributed by atoms with Crippen LogP contribution >= 0.6 is 11.6 Å². The van der Waals surface area contributed by atoms with Crippen LogP contribution in [0.4, 0.5) is 11.8 Å². The van der Waals surface area contributed by atoms with Crippen molar-refractivity contribution in [1.29, 1.82) is 0 Å². The van der Waals surface area contributed by atoms with Gasteiger partial charge in [0, 0.05) is 31.4 Å². The lowest BCUT2D eigenvalue weighted by molar-refractivity contribution is 0.969. The summed E-state index contributed by atoms with van der Waals surface area (Å²) in [4.78, 5) is 8.18. The summed E-state index contributed by atoms with van der Waals surface area (Å²) in [5, 5.41) is 6.56. The van der Waals surface area contributed by atoms with Gasteiger partial charge in [-0.3, -0.25) is 0 Å². The fourth-order valence-electron chi connectivity index (χ4n) is 1.44. The highest BCUT2D eigenvalue weighted by molar-refractivity contribution is 6.37. The van der Waals surface area contributed by atoms with Crippen LogP contribution in [0.15, 0.2) is 23.4 Å². The average molecular weight is 238 g/mol. The minimum Gasteiger partial charge on any atom is -0.386 e. The normalized spacial score (nSPS) is 14.9. The van der Waals surface area contributed by atoms with Gasteiger partial charge >= 0.3 is 0 Å². The molecule has 0 radical (unpaired) electrons. The molecule has 0 bridgehead atoms. The molecule has 0 saturated carbocycles. The smallest absolute Gasteiger partial charge is 0.222 e. The molecule has 2 heterocycles. The Bertz CT molecular complexity index is 466. The van der Waals surface area contributed by atoms with E-state index in [0.717, 1.165) is 17.8 Å². The third kappa shape index (κ3) is 2.09. The van der Waals surface area contributed by atoms with Gasteiger partial charge in [0.1, 0.15) is 5.82 Å². The molecule has 0 spiro atoms. The first-order valence-corrected chi connectivity index (χ1v) is 5.21. The van der Waals surface area contributed by atoms with Gasteiger partial charge in [0.25, 0.3) is 0 Å². The summed E-state index contributed by atoms with van der Waals surface area (Å²) in [5.41, 5.74) is 7.21. The highest BCUT2D eigenvalue weighted by Gasteiger charge is 2.12. The SMILES string of the molecule is CNc1cc(C2=CCNC=C2Cl)nc(N)n1. The van der Waals surface area contributed by atoms with Gasteiger partial charge in [-0.05, 0) is 0 Å². The number of rotatable bonds is 2. The predicted octanol–water partition coefficient (Wildman–Crippen LogP) is 1.17. The van der Waals surface area contributed by atoms with E-state index < -0.39 is 0 Å². The van der Waals surface area contributed by atoms with Crippen molar-refractivity contribution in [3.8, 4) is 0 Å². The Kier molecular flexibility index (Phi) is 2.96. The summed E-state index contributed by atoms with van der Waals surface area (Å²) in [5.74, 6) is 0.900. The molecule has 1 aromatic heterocycles. The molecule has 1 aliphatic rings.